The van der Waals surface area contributed by atoms with E-state index in [1.807, 2.05) is 0 Å². The fourth-order valence-electron chi connectivity index (χ4n) is 1.81. The number of aryl methyl sites for hydroxylation is 1. The molecule has 0 aliphatic heterocycles. The molecule has 8 heteroatoms. The first kappa shape index (κ1) is 15.7. The third-order valence-electron chi connectivity index (χ3n) is 2.75. The maximum atomic E-state index is 12.3. The lowest BCUT2D eigenvalue weighted by Crippen LogP contribution is -2.22. The van der Waals surface area contributed by atoms with E-state index in [2.05, 4.69) is 31.2 Å². The number of hydrogen-bond donors (Lipinski definition) is 1. The summed E-state index contributed by atoms with van der Waals surface area (Å²) in [6, 6.07) is 4.90. The summed E-state index contributed by atoms with van der Waals surface area (Å²) < 4.78 is 36.8. The Hall–Kier alpha value is -1.70. The van der Waals surface area contributed by atoms with Crippen molar-refractivity contribution in [1.29, 1.82) is 0 Å². The molecule has 0 aliphatic carbocycles. The number of alkyl halides is 4. The Bertz CT molecular complexity index is 688. The van der Waals surface area contributed by atoms with E-state index in [4.69, 9.17) is 0 Å². The molecule has 0 aliphatic rings. The molecule has 1 aromatic heterocycles. The van der Waals surface area contributed by atoms with E-state index in [0.717, 1.165) is 0 Å². The number of ketones is 1. The second-order valence-corrected chi connectivity index (χ2v) is 4.92. The van der Waals surface area contributed by atoms with Gasteiger partial charge in [-0.1, -0.05) is 22.0 Å². The summed E-state index contributed by atoms with van der Waals surface area (Å²) in [5, 5.41) is 2.31. The van der Waals surface area contributed by atoms with Gasteiger partial charge >= 0.3 is 6.18 Å². The lowest BCUT2D eigenvalue weighted by atomic mass is 10.1. The highest BCUT2D eigenvalue weighted by atomic mass is 79.9. The van der Waals surface area contributed by atoms with Gasteiger partial charge in [0.25, 0.3) is 0 Å². The number of aromatic nitrogens is 2. The van der Waals surface area contributed by atoms with Crippen molar-refractivity contribution in [3.63, 3.8) is 0 Å². The molecule has 0 bridgehead atoms. The minimum absolute atomic E-state index is 0.0228. The van der Waals surface area contributed by atoms with Gasteiger partial charge in [0, 0.05) is 5.56 Å². The largest absolute Gasteiger partial charge is 0.405 e. The number of para-hydroxylation sites is 1. The van der Waals surface area contributed by atoms with E-state index in [1.165, 1.54) is 0 Å². The maximum absolute atomic E-state index is 12.3. The van der Waals surface area contributed by atoms with Crippen LogP contribution in [0.1, 0.15) is 16.1 Å². The second-order valence-electron chi connectivity index (χ2n) is 4.36. The van der Waals surface area contributed by atoms with Crippen LogP contribution in [0.4, 0.5) is 19.0 Å². The van der Waals surface area contributed by atoms with E-state index in [-0.39, 0.29) is 22.4 Å². The Morgan fingerprint density at radius 1 is 1.33 bits per heavy atom. The lowest BCUT2D eigenvalue weighted by Gasteiger charge is -2.12. The van der Waals surface area contributed by atoms with Crippen LogP contribution < -0.4 is 5.32 Å². The maximum Gasteiger partial charge on any atom is 0.405 e. The van der Waals surface area contributed by atoms with Crippen LogP contribution in [0.25, 0.3) is 11.0 Å². The minimum Gasteiger partial charge on any atom is -0.360 e. The highest BCUT2D eigenvalue weighted by Gasteiger charge is 2.27. The summed E-state index contributed by atoms with van der Waals surface area (Å²) in [7, 11) is 0. The number of benzene rings is 1. The van der Waals surface area contributed by atoms with Gasteiger partial charge in [0.05, 0.1) is 16.5 Å². The zero-order valence-corrected chi connectivity index (χ0v) is 12.5. The minimum atomic E-state index is -4.35. The summed E-state index contributed by atoms with van der Waals surface area (Å²) in [4.78, 5) is 20.2. The second kappa shape index (κ2) is 5.97. The molecule has 2 rings (SSSR count). The zero-order chi connectivity index (χ0) is 15.6. The van der Waals surface area contributed by atoms with Gasteiger partial charge in [0.1, 0.15) is 17.9 Å². The number of halogens is 4. The number of fused-ring (bicyclic) bond motifs is 1. The van der Waals surface area contributed by atoms with Crippen molar-refractivity contribution < 1.29 is 18.0 Å². The number of nitrogens with zero attached hydrogens (tertiary/aromatic N) is 2. The molecule has 2 aromatic rings. The number of anilines is 1. The van der Waals surface area contributed by atoms with Crippen molar-refractivity contribution in [3.05, 3.63) is 29.5 Å². The summed E-state index contributed by atoms with van der Waals surface area (Å²) in [5.74, 6) is -0.185. The predicted molar refractivity (Wildman–Crippen MR) is 76.9 cm³/mol. The first-order valence-electron chi connectivity index (χ1n) is 5.99. The quantitative estimate of drug-likeness (QED) is 0.668. The van der Waals surface area contributed by atoms with Gasteiger partial charge in [-0.2, -0.15) is 13.2 Å². The molecule has 0 unspecified atom stereocenters. The lowest BCUT2D eigenvalue weighted by molar-refractivity contribution is -0.115. The van der Waals surface area contributed by atoms with Gasteiger partial charge in [-0.25, -0.2) is 9.97 Å². The Morgan fingerprint density at radius 3 is 2.67 bits per heavy atom. The monoisotopic (exact) mass is 361 g/mol. The SMILES string of the molecule is Cc1nc2cccc(C(=O)CBr)c2nc1NCC(F)(F)F. The van der Waals surface area contributed by atoms with Gasteiger partial charge < -0.3 is 5.32 Å². The van der Waals surface area contributed by atoms with Crippen molar-refractivity contribution in [1.82, 2.24) is 9.97 Å². The van der Waals surface area contributed by atoms with Gasteiger partial charge in [-0.05, 0) is 19.1 Å². The zero-order valence-electron chi connectivity index (χ0n) is 11.0. The van der Waals surface area contributed by atoms with Crippen molar-refractivity contribution in [2.24, 2.45) is 0 Å². The van der Waals surface area contributed by atoms with E-state index >= 15 is 0 Å². The molecular weight excluding hydrogens is 351 g/mol. The van der Waals surface area contributed by atoms with E-state index in [9.17, 15) is 18.0 Å². The highest BCUT2D eigenvalue weighted by Crippen LogP contribution is 2.22. The van der Waals surface area contributed by atoms with Gasteiger partial charge in [-0.15, -0.1) is 0 Å². The summed E-state index contributed by atoms with van der Waals surface area (Å²) in [6.45, 7) is 0.354. The average molecular weight is 362 g/mol. The number of carbonyl (C=O) groups excluding carboxylic acids is 1. The number of Topliss-reactive ketones (excluding diaryl/α,β-unsaturated/α-hetero) is 1. The topological polar surface area (TPSA) is 54.9 Å². The van der Waals surface area contributed by atoms with Crippen LogP contribution in [0.3, 0.4) is 0 Å². The highest BCUT2D eigenvalue weighted by molar-refractivity contribution is 9.09. The fourth-order valence-corrected chi connectivity index (χ4v) is 2.12. The average Bonchev–Trinajstić information content (AvgIpc) is 2.42. The van der Waals surface area contributed by atoms with Crippen LogP contribution in [0.15, 0.2) is 18.2 Å². The van der Waals surface area contributed by atoms with Gasteiger partial charge in [0.2, 0.25) is 0 Å². The van der Waals surface area contributed by atoms with Crippen LogP contribution in [-0.4, -0.2) is 33.8 Å². The third-order valence-corrected chi connectivity index (χ3v) is 3.26. The van der Waals surface area contributed by atoms with Crippen molar-refractivity contribution in [2.75, 3.05) is 17.2 Å². The molecule has 21 heavy (non-hydrogen) atoms. The predicted octanol–water partition coefficient (Wildman–Crippen LogP) is 3.49. The number of hydrogen-bond acceptors (Lipinski definition) is 4. The molecule has 0 fully saturated rings. The standard InChI is InChI=1S/C13H11BrF3N3O/c1-7-12(18-6-13(15,16)17)20-11-8(10(21)5-14)3-2-4-9(11)19-7/h2-4H,5-6H2,1H3,(H,18,20). The van der Waals surface area contributed by atoms with Crippen LogP contribution in [0, 0.1) is 6.92 Å². The smallest absolute Gasteiger partial charge is 0.360 e. The molecule has 0 radical (unpaired) electrons. The fraction of sp³-hybridized carbons (Fsp3) is 0.308. The molecule has 1 N–H and O–H groups in total. The van der Waals surface area contributed by atoms with Crippen LogP contribution in [-0.2, 0) is 0 Å². The van der Waals surface area contributed by atoms with E-state index < -0.39 is 12.7 Å². The first-order valence-corrected chi connectivity index (χ1v) is 7.11. The van der Waals surface area contributed by atoms with Crippen molar-refractivity contribution >= 4 is 38.6 Å². The Kier molecular flexibility index (Phi) is 4.46. The summed E-state index contributed by atoms with van der Waals surface area (Å²) in [5.41, 5.74) is 1.43. The summed E-state index contributed by atoms with van der Waals surface area (Å²) >= 11 is 3.06. The third kappa shape index (κ3) is 3.69. The molecule has 1 heterocycles. The molecule has 112 valence electrons. The molecule has 1 aromatic carbocycles. The van der Waals surface area contributed by atoms with Crippen molar-refractivity contribution in [3.8, 4) is 0 Å². The van der Waals surface area contributed by atoms with Gasteiger partial charge in [-0.3, -0.25) is 4.79 Å². The number of nitrogens with one attached hydrogen (secondary N) is 1. The normalized spacial score (nSPS) is 11.7. The van der Waals surface area contributed by atoms with Crippen LogP contribution in [0.5, 0.6) is 0 Å². The molecule has 4 nitrogen and oxygen atoms in total. The molecular formula is C13H11BrF3N3O. The molecule has 0 saturated carbocycles. The first-order chi connectivity index (χ1) is 9.81. The molecule has 0 saturated heterocycles. The number of rotatable bonds is 4. The van der Waals surface area contributed by atoms with Gasteiger partial charge in [0.15, 0.2) is 5.78 Å². The number of carbonyl (C=O) groups is 1. The van der Waals surface area contributed by atoms with E-state index in [0.29, 0.717) is 16.8 Å². The molecule has 0 atom stereocenters. The van der Waals surface area contributed by atoms with Crippen LogP contribution in [0.2, 0.25) is 0 Å². The Morgan fingerprint density at radius 2 is 2.05 bits per heavy atom. The Labute approximate surface area is 126 Å². The molecule has 0 amide bonds. The van der Waals surface area contributed by atoms with E-state index in [1.54, 1.807) is 25.1 Å². The summed E-state index contributed by atoms with van der Waals surface area (Å²) in [6.07, 6.45) is -4.35. The Balaban J connectivity index is 2.48. The van der Waals surface area contributed by atoms with Crippen molar-refractivity contribution in [2.45, 2.75) is 13.1 Å². The van der Waals surface area contributed by atoms with Crippen LogP contribution >= 0.6 is 15.9 Å². The molecule has 0 spiro atoms.